The summed E-state index contributed by atoms with van der Waals surface area (Å²) in [5, 5.41) is 2.16. The maximum Gasteiger partial charge on any atom is 0.187 e. The fourth-order valence-electron chi connectivity index (χ4n) is 4.14. The van der Waals surface area contributed by atoms with E-state index in [0.717, 1.165) is 38.1 Å². The highest BCUT2D eigenvalue weighted by Crippen LogP contribution is 2.35. The van der Waals surface area contributed by atoms with E-state index in [-0.39, 0.29) is 28.2 Å². The van der Waals surface area contributed by atoms with E-state index in [1.807, 2.05) is 18.2 Å². The molecule has 0 saturated carbocycles. The van der Waals surface area contributed by atoms with Crippen LogP contribution in [0.1, 0.15) is 37.3 Å². The summed E-state index contributed by atoms with van der Waals surface area (Å²) < 4.78 is 46.1. The molecule has 0 aliphatic carbocycles. The minimum Gasteiger partial charge on any atom is -0.489 e. The van der Waals surface area contributed by atoms with E-state index in [4.69, 9.17) is 16.3 Å². The molecule has 1 aliphatic rings. The summed E-state index contributed by atoms with van der Waals surface area (Å²) in [5.74, 6) is -1.06. The zero-order valence-electron chi connectivity index (χ0n) is 18.5. The standard InChI is InChI=1S/C24H26ClFN2O3S2/c1-24(2,17-6-4-3-5-7-17)28-11-8-18(9-12-28)31-21-15-20(26)22(14-19(21)25)33(29,30)16-23-27-10-13-32-23/h3-7,10,13-15,18H,8-9,11-12,16H2,1-2H3. The molecule has 0 N–H and O–H groups in total. The summed E-state index contributed by atoms with van der Waals surface area (Å²) in [4.78, 5) is 5.95. The van der Waals surface area contributed by atoms with E-state index in [2.05, 4.69) is 35.9 Å². The predicted molar refractivity (Wildman–Crippen MR) is 129 cm³/mol. The van der Waals surface area contributed by atoms with Gasteiger partial charge in [0.15, 0.2) is 9.84 Å². The van der Waals surface area contributed by atoms with E-state index < -0.39 is 20.5 Å². The molecule has 0 radical (unpaired) electrons. The molecule has 4 rings (SSSR count). The zero-order valence-corrected chi connectivity index (χ0v) is 20.9. The molecule has 0 unspecified atom stereocenters. The number of hydrogen-bond donors (Lipinski definition) is 0. The number of likely N-dealkylation sites (tertiary alicyclic amines) is 1. The SMILES string of the molecule is CC(C)(c1ccccc1)N1CCC(Oc2cc(F)c(S(=O)(=O)Cc3nccs3)cc2Cl)CC1. The van der Waals surface area contributed by atoms with Gasteiger partial charge in [-0.2, -0.15) is 0 Å². The second kappa shape index (κ2) is 9.70. The van der Waals surface area contributed by atoms with Gasteiger partial charge in [0.1, 0.15) is 33.3 Å². The first-order valence-corrected chi connectivity index (χ1v) is 13.7. The van der Waals surface area contributed by atoms with Gasteiger partial charge >= 0.3 is 0 Å². The highest BCUT2D eigenvalue weighted by Gasteiger charge is 2.33. The molecule has 0 bridgehead atoms. The topological polar surface area (TPSA) is 59.5 Å². The van der Waals surface area contributed by atoms with Crippen LogP contribution in [0, 0.1) is 5.82 Å². The zero-order chi connectivity index (χ0) is 23.6. The van der Waals surface area contributed by atoms with Crippen LogP contribution in [0.15, 0.2) is 58.9 Å². The van der Waals surface area contributed by atoms with Crippen LogP contribution in [0.3, 0.4) is 0 Å². The molecule has 9 heteroatoms. The Balaban J connectivity index is 1.42. The van der Waals surface area contributed by atoms with Crippen molar-refractivity contribution in [2.45, 2.75) is 49.0 Å². The van der Waals surface area contributed by atoms with Gasteiger partial charge in [0.2, 0.25) is 0 Å². The van der Waals surface area contributed by atoms with Crippen LogP contribution in [-0.2, 0) is 21.1 Å². The maximum absolute atomic E-state index is 14.8. The lowest BCUT2D eigenvalue weighted by Gasteiger charge is -2.43. The monoisotopic (exact) mass is 508 g/mol. The molecular formula is C24H26ClFN2O3S2. The van der Waals surface area contributed by atoms with Crippen molar-refractivity contribution in [3.63, 3.8) is 0 Å². The van der Waals surface area contributed by atoms with Gasteiger partial charge in [-0.1, -0.05) is 41.9 Å². The summed E-state index contributed by atoms with van der Waals surface area (Å²) in [5.41, 5.74) is 1.15. The molecule has 0 spiro atoms. The number of benzene rings is 2. The minimum atomic E-state index is -3.91. The Morgan fingerprint density at radius 1 is 1.21 bits per heavy atom. The van der Waals surface area contributed by atoms with Gasteiger partial charge in [0, 0.05) is 36.3 Å². The number of sulfone groups is 1. The van der Waals surface area contributed by atoms with E-state index in [1.54, 1.807) is 5.38 Å². The molecule has 3 aromatic rings. The third-order valence-electron chi connectivity index (χ3n) is 6.12. The number of aromatic nitrogens is 1. The van der Waals surface area contributed by atoms with Crippen LogP contribution in [0.5, 0.6) is 5.75 Å². The summed E-state index contributed by atoms with van der Waals surface area (Å²) in [6.07, 6.45) is 2.92. The van der Waals surface area contributed by atoms with Gasteiger partial charge in [-0.3, -0.25) is 4.90 Å². The van der Waals surface area contributed by atoms with Crippen molar-refractivity contribution in [1.29, 1.82) is 0 Å². The number of thiazole rings is 1. The lowest BCUT2D eigenvalue weighted by atomic mass is 9.90. The maximum atomic E-state index is 14.8. The fourth-order valence-corrected chi connectivity index (χ4v) is 6.76. The van der Waals surface area contributed by atoms with Crippen LogP contribution < -0.4 is 4.74 Å². The van der Waals surface area contributed by atoms with Gasteiger partial charge in [-0.05, 0) is 38.3 Å². The average Bonchev–Trinajstić information content (AvgIpc) is 3.29. The molecule has 176 valence electrons. The summed E-state index contributed by atoms with van der Waals surface area (Å²) in [6, 6.07) is 12.6. The Hall–Kier alpha value is -2.00. The molecule has 0 atom stereocenters. The second-order valence-corrected chi connectivity index (χ2v) is 12.0. The number of piperidine rings is 1. The quantitative estimate of drug-likeness (QED) is 0.410. The molecular weight excluding hydrogens is 483 g/mol. The largest absolute Gasteiger partial charge is 0.489 e. The molecule has 2 heterocycles. The van der Waals surface area contributed by atoms with Crippen LogP contribution in [-0.4, -0.2) is 37.5 Å². The first-order valence-electron chi connectivity index (χ1n) is 10.7. The molecule has 1 aromatic heterocycles. The highest BCUT2D eigenvalue weighted by molar-refractivity contribution is 7.90. The Bertz CT molecular complexity index is 1190. The summed E-state index contributed by atoms with van der Waals surface area (Å²) in [7, 11) is -3.91. The van der Waals surface area contributed by atoms with E-state index in [9.17, 15) is 12.8 Å². The molecule has 5 nitrogen and oxygen atoms in total. The lowest BCUT2D eigenvalue weighted by molar-refractivity contribution is 0.0391. The van der Waals surface area contributed by atoms with Crippen molar-refractivity contribution in [3.05, 3.63) is 75.5 Å². The van der Waals surface area contributed by atoms with Crippen molar-refractivity contribution >= 4 is 32.8 Å². The van der Waals surface area contributed by atoms with Crippen molar-refractivity contribution < 1.29 is 17.5 Å². The average molecular weight is 509 g/mol. The third-order valence-corrected chi connectivity index (χ3v) is 9.02. The Labute approximate surface area is 203 Å². The molecule has 2 aromatic carbocycles. The van der Waals surface area contributed by atoms with Gasteiger partial charge in [0.05, 0.1) is 5.02 Å². The predicted octanol–water partition coefficient (Wildman–Crippen LogP) is 5.69. The van der Waals surface area contributed by atoms with Crippen LogP contribution in [0.4, 0.5) is 4.39 Å². The normalized spacial score (nSPS) is 16.1. The Morgan fingerprint density at radius 3 is 2.55 bits per heavy atom. The van der Waals surface area contributed by atoms with Crippen molar-refractivity contribution in [2.24, 2.45) is 0 Å². The van der Waals surface area contributed by atoms with E-state index >= 15 is 0 Å². The van der Waals surface area contributed by atoms with Crippen molar-refractivity contribution in [1.82, 2.24) is 9.88 Å². The number of nitrogens with zero attached hydrogens (tertiary/aromatic N) is 2. The molecule has 0 amide bonds. The third kappa shape index (κ3) is 5.40. The Kier molecular flexibility index (Phi) is 7.09. The molecule has 33 heavy (non-hydrogen) atoms. The van der Waals surface area contributed by atoms with Gasteiger partial charge < -0.3 is 4.74 Å². The lowest BCUT2D eigenvalue weighted by Crippen LogP contribution is -2.48. The number of ether oxygens (including phenoxy) is 1. The van der Waals surface area contributed by atoms with Crippen molar-refractivity contribution in [3.8, 4) is 5.75 Å². The fraction of sp³-hybridized carbons (Fsp3) is 0.375. The van der Waals surface area contributed by atoms with E-state index in [0.29, 0.717) is 5.01 Å². The highest BCUT2D eigenvalue weighted by atomic mass is 35.5. The number of halogens is 2. The molecule has 1 fully saturated rings. The second-order valence-electron chi connectivity index (χ2n) is 8.63. The van der Waals surface area contributed by atoms with Gasteiger partial charge in [-0.25, -0.2) is 17.8 Å². The smallest absolute Gasteiger partial charge is 0.187 e. The van der Waals surface area contributed by atoms with Crippen LogP contribution >= 0.6 is 22.9 Å². The van der Waals surface area contributed by atoms with Crippen LogP contribution in [0.25, 0.3) is 0 Å². The molecule has 1 saturated heterocycles. The number of rotatable bonds is 7. The number of hydrogen-bond acceptors (Lipinski definition) is 6. The molecule has 1 aliphatic heterocycles. The summed E-state index contributed by atoms with van der Waals surface area (Å²) >= 11 is 7.52. The van der Waals surface area contributed by atoms with Gasteiger partial charge in [0.25, 0.3) is 0 Å². The minimum absolute atomic E-state index is 0.0844. The van der Waals surface area contributed by atoms with E-state index in [1.165, 1.54) is 23.1 Å². The van der Waals surface area contributed by atoms with Crippen LogP contribution in [0.2, 0.25) is 5.02 Å². The Morgan fingerprint density at radius 2 is 1.91 bits per heavy atom. The first kappa shape index (κ1) is 24.1. The summed E-state index contributed by atoms with van der Waals surface area (Å²) in [6.45, 7) is 6.07. The first-order chi connectivity index (χ1) is 15.7. The van der Waals surface area contributed by atoms with Crippen molar-refractivity contribution in [2.75, 3.05) is 13.1 Å². The van der Waals surface area contributed by atoms with Gasteiger partial charge in [-0.15, -0.1) is 11.3 Å².